The fraction of sp³-hybridized carbons (Fsp3) is 0.467. The molecule has 1 aromatic rings. The van der Waals surface area contributed by atoms with E-state index in [1.807, 2.05) is 0 Å². The van der Waals surface area contributed by atoms with Gasteiger partial charge in [-0.05, 0) is 24.1 Å². The third-order valence-corrected chi connectivity index (χ3v) is 2.96. The van der Waals surface area contributed by atoms with Crippen molar-refractivity contribution in [2.24, 2.45) is 11.7 Å². The van der Waals surface area contributed by atoms with Crippen LogP contribution in [0.1, 0.15) is 12.5 Å². The number of hydrogen-bond donors (Lipinski definition) is 3. The lowest BCUT2D eigenvalue weighted by molar-refractivity contribution is -0.146. The van der Waals surface area contributed by atoms with Gasteiger partial charge in [0.2, 0.25) is 0 Å². The van der Waals surface area contributed by atoms with Crippen LogP contribution in [0.3, 0.4) is 0 Å². The number of rotatable bonds is 7. The van der Waals surface area contributed by atoms with Gasteiger partial charge in [0.1, 0.15) is 12.6 Å². The van der Waals surface area contributed by atoms with Crippen molar-refractivity contribution in [3.63, 3.8) is 0 Å². The van der Waals surface area contributed by atoms with Gasteiger partial charge in [0.05, 0.1) is 13.7 Å². The molecular formula is C15H21NO7. The summed E-state index contributed by atoms with van der Waals surface area (Å²) >= 11 is 0. The lowest BCUT2D eigenvalue weighted by Gasteiger charge is -2.15. The van der Waals surface area contributed by atoms with Gasteiger partial charge in [0.25, 0.3) is 0 Å². The Balaban J connectivity index is 2.38. The third-order valence-electron chi connectivity index (χ3n) is 2.96. The molecule has 0 aliphatic heterocycles. The summed E-state index contributed by atoms with van der Waals surface area (Å²) in [5, 5.41) is 18.6. The summed E-state index contributed by atoms with van der Waals surface area (Å²) in [6, 6.07) is 3.28. The molecule has 4 N–H and O–H groups in total. The Morgan fingerprint density at radius 1 is 1.17 bits per heavy atom. The highest BCUT2D eigenvalue weighted by molar-refractivity contribution is 5.76. The van der Waals surface area contributed by atoms with Crippen LogP contribution in [0.4, 0.5) is 4.79 Å². The molecule has 1 aromatic carbocycles. The van der Waals surface area contributed by atoms with Gasteiger partial charge in [-0.2, -0.15) is 0 Å². The first-order valence-electron chi connectivity index (χ1n) is 6.97. The molecule has 0 aromatic heterocycles. The van der Waals surface area contributed by atoms with Crippen LogP contribution in [0.15, 0.2) is 18.2 Å². The Bertz CT molecular complexity index is 547. The Labute approximate surface area is 133 Å². The van der Waals surface area contributed by atoms with Gasteiger partial charge in [-0.15, -0.1) is 0 Å². The van der Waals surface area contributed by atoms with Crippen LogP contribution in [0, 0.1) is 5.92 Å². The van der Waals surface area contributed by atoms with Gasteiger partial charge in [0.15, 0.2) is 11.5 Å². The summed E-state index contributed by atoms with van der Waals surface area (Å²) in [5.74, 6) is -1.34. The summed E-state index contributed by atoms with van der Waals surface area (Å²) in [6.45, 7) is 1.84. The van der Waals surface area contributed by atoms with E-state index in [9.17, 15) is 19.8 Å². The molecule has 0 radical (unpaired) electrons. The number of aromatic hydroxyl groups is 2. The SMILES string of the molecule is COC(=O)OCC(C)COC(=O)[C@@H](N)Cc1ccc(O)c(O)c1. The highest BCUT2D eigenvalue weighted by Crippen LogP contribution is 2.25. The van der Waals surface area contributed by atoms with Gasteiger partial charge < -0.3 is 30.2 Å². The van der Waals surface area contributed by atoms with Crippen molar-refractivity contribution < 1.29 is 34.0 Å². The number of ether oxygens (including phenoxy) is 3. The first-order valence-corrected chi connectivity index (χ1v) is 6.97. The highest BCUT2D eigenvalue weighted by atomic mass is 16.7. The Morgan fingerprint density at radius 3 is 2.43 bits per heavy atom. The topological polar surface area (TPSA) is 128 Å². The van der Waals surface area contributed by atoms with E-state index in [-0.39, 0.29) is 37.1 Å². The van der Waals surface area contributed by atoms with Crippen LogP contribution in [0.5, 0.6) is 11.5 Å². The first kappa shape index (κ1) is 18.6. The van der Waals surface area contributed by atoms with Crippen molar-refractivity contribution in [1.29, 1.82) is 0 Å². The number of carbonyl (C=O) groups excluding carboxylic acids is 2. The van der Waals surface area contributed by atoms with Crippen molar-refractivity contribution in [2.75, 3.05) is 20.3 Å². The molecule has 2 atom stereocenters. The maximum atomic E-state index is 11.8. The zero-order valence-corrected chi connectivity index (χ0v) is 13.0. The molecule has 0 spiro atoms. The lowest BCUT2D eigenvalue weighted by atomic mass is 10.1. The van der Waals surface area contributed by atoms with E-state index in [1.165, 1.54) is 19.2 Å². The second kappa shape index (κ2) is 8.84. The fourth-order valence-corrected chi connectivity index (χ4v) is 1.68. The van der Waals surface area contributed by atoms with Crippen molar-refractivity contribution in [3.8, 4) is 11.5 Å². The molecule has 0 fully saturated rings. The highest BCUT2D eigenvalue weighted by Gasteiger charge is 2.18. The van der Waals surface area contributed by atoms with Crippen molar-refractivity contribution in [3.05, 3.63) is 23.8 Å². The summed E-state index contributed by atoms with van der Waals surface area (Å²) in [5.41, 5.74) is 6.33. The minimum Gasteiger partial charge on any atom is -0.504 e. The van der Waals surface area contributed by atoms with Gasteiger partial charge in [-0.1, -0.05) is 13.0 Å². The largest absolute Gasteiger partial charge is 0.507 e. The van der Waals surface area contributed by atoms with Crippen molar-refractivity contribution in [2.45, 2.75) is 19.4 Å². The monoisotopic (exact) mass is 327 g/mol. The van der Waals surface area contributed by atoms with E-state index in [4.69, 9.17) is 15.2 Å². The van der Waals surface area contributed by atoms with Crippen molar-refractivity contribution >= 4 is 12.1 Å². The Morgan fingerprint density at radius 2 is 1.83 bits per heavy atom. The van der Waals surface area contributed by atoms with E-state index in [1.54, 1.807) is 13.0 Å². The average Bonchev–Trinajstić information content (AvgIpc) is 2.53. The van der Waals surface area contributed by atoms with Crippen molar-refractivity contribution in [1.82, 2.24) is 0 Å². The molecule has 8 heteroatoms. The maximum absolute atomic E-state index is 11.8. The minimum absolute atomic E-state index is 0.0460. The predicted molar refractivity (Wildman–Crippen MR) is 79.9 cm³/mol. The van der Waals surface area contributed by atoms with E-state index in [0.717, 1.165) is 0 Å². The number of phenols is 2. The quantitative estimate of drug-likeness (QED) is 0.498. The third kappa shape index (κ3) is 6.43. The van der Waals surface area contributed by atoms with E-state index < -0.39 is 18.2 Å². The molecule has 8 nitrogen and oxygen atoms in total. The van der Waals surface area contributed by atoms with Crippen LogP contribution >= 0.6 is 0 Å². The lowest BCUT2D eigenvalue weighted by Crippen LogP contribution is -2.35. The number of methoxy groups -OCH3 is 1. The summed E-state index contributed by atoms with van der Waals surface area (Å²) in [4.78, 5) is 22.6. The maximum Gasteiger partial charge on any atom is 0.507 e. The second-order valence-electron chi connectivity index (χ2n) is 5.13. The van der Waals surface area contributed by atoms with Crippen LogP contribution in [-0.4, -0.2) is 48.7 Å². The summed E-state index contributed by atoms with van der Waals surface area (Å²) in [7, 11) is 1.20. The molecule has 0 aliphatic carbocycles. The molecule has 0 heterocycles. The molecule has 0 bridgehead atoms. The fourth-order valence-electron chi connectivity index (χ4n) is 1.68. The Hall–Kier alpha value is -2.48. The number of phenolic OH excluding ortho intramolecular Hbond substituents is 2. The number of hydrogen-bond acceptors (Lipinski definition) is 8. The zero-order valence-electron chi connectivity index (χ0n) is 13.0. The second-order valence-corrected chi connectivity index (χ2v) is 5.13. The molecule has 1 unspecified atom stereocenters. The van der Waals surface area contributed by atoms with E-state index >= 15 is 0 Å². The molecule has 0 amide bonds. The van der Waals surface area contributed by atoms with Crippen LogP contribution in [-0.2, 0) is 25.4 Å². The van der Waals surface area contributed by atoms with Gasteiger partial charge >= 0.3 is 12.1 Å². The standard InChI is InChI=1S/C15H21NO7/c1-9(8-23-15(20)21-2)7-22-14(19)11(16)5-10-3-4-12(17)13(18)6-10/h3-4,6,9,11,17-18H,5,7-8,16H2,1-2H3/t9?,11-/m0/s1. The van der Waals surface area contributed by atoms with Gasteiger partial charge in [-0.3, -0.25) is 4.79 Å². The number of nitrogens with two attached hydrogens (primary N) is 1. The minimum atomic E-state index is -0.910. The van der Waals surface area contributed by atoms with Crippen LogP contribution in [0.25, 0.3) is 0 Å². The summed E-state index contributed by atoms with van der Waals surface area (Å²) in [6.07, 6.45) is -0.647. The van der Waals surface area contributed by atoms with Crippen LogP contribution < -0.4 is 5.73 Å². The van der Waals surface area contributed by atoms with Gasteiger partial charge in [-0.25, -0.2) is 4.79 Å². The molecule has 128 valence electrons. The van der Waals surface area contributed by atoms with Gasteiger partial charge in [0, 0.05) is 5.92 Å². The number of esters is 1. The molecule has 1 rings (SSSR count). The molecular weight excluding hydrogens is 306 g/mol. The Kier molecular flexibility index (Phi) is 7.14. The molecule has 0 saturated carbocycles. The van der Waals surface area contributed by atoms with Crippen LogP contribution in [0.2, 0.25) is 0 Å². The predicted octanol–water partition coefficient (Wildman–Crippen LogP) is 0.930. The first-order chi connectivity index (χ1) is 10.8. The summed E-state index contributed by atoms with van der Waals surface area (Å²) < 4.78 is 14.1. The number of carbonyl (C=O) groups is 2. The normalized spacial score (nSPS) is 13.0. The molecule has 23 heavy (non-hydrogen) atoms. The zero-order chi connectivity index (χ0) is 17.4. The average molecular weight is 327 g/mol. The molecule has 0 aliphatic rings. The smallest absolute Gasteiger partial charge is 0.504 e. The number of benzene rings is 1. The van der Waals surface area contributed by atoms with E-state index in [0.29, 0.717) is 5.56 Å². The molecule has 0 saturated heterocycles. The van der Waals surface area contributed by atoms with E-state index in [2.05, 4.69) is 4.74 Å².